The number of nitrogens with two attached hydrogens (primary N) is 1. The molecule has 0 spiro atoms. The monoisotopic (exact) mass is 241 g/mol. The van der Waals surface area contributed by atoms with Gasteiger partial charge < -0.3 is 15.7 Å². The average molecular weight is 242 g/mol. The van der Waals surface area contributed by atoms with Crippen molar-refractivity contribution in [1.29, 1.82) is 0 Å². The van der Waals surface area contributed by atoms with E-state index in [-0.39, 0.29) is 6.61 Å². The molecule has 0 atom stereocenters. The van der Waals surface area contributed by atoms with E-state index in [1.165, 1.54) is 0 Å². The number of aromatic nitrogens is 1. The van der Waals surface area contributed by atoms with E-state index in [0.717, 1.165) is 5.82 Å². The van der Waals surface area contributed by atoms with Crippen molar-refractivity contribution in [1.82, 2.24) is 4.98 Å². The number of hydrogen-bond acceptors (Lipinski definition) is 4. The normalized spacial score (nSPS) is 10.2. The predicted octanol–water partition coefficient (Wildman–Crippen LogP) is 1.18. The van der Waals surface area contributed by atoms with E-state index in [9.17, 15) is 0 Å². The molecule has 4 nitrogen and oxygen atoms in total. The first kappa shape index (κ1) is 13.0. The third-order valence-electron chi connectivity index (χ3n) is 2.14. The highest BCUT2D eigenvalue weighted by molar-refractivity contribution is 6.31. The van der Waals surface area contributed by atoms with E-state index in [1.807, 2.05) is 4.90 Å². The Kier molecular flexibility index (Phi) is 5.25. The molecule has 1 aromatic rings. The van der Waals surface area contributed by atoms with Gasteiger partial charge in [0.25, 0.3) is 0 Å². The highest BCUT2D eigenvalue weighted by Gasteiger charge is 2.08. The molecule has 0 amide bonds. The zero-order valence-corrected chi connectivity index (χ0v) is 9.82. The molecule has 0 bridgehead atoms. The molecule has 0 unspecified atom stereocenters. The maximum atomic E-state index is 8.95. The summed E-state index contributed by atoms with van der Waals surface area (Å²) < 4.78 is 0. The second-order valence-corrected chi connectivity index (χ2v) is 3.67. The Morgan fingerprint density at radius 1 is 1.56 bits per heavy atom. The van der Waals surface area contributed by atoms with Gasteiger partial charge in [-0.15, -0.1) is 6.58 Å². The summed E-state index contributed by atoms with van der Waals surface area (Å²) in [5.41, 5.74) is 6.19. The van der Waals surface area contributed by atoms with Crippen LogP contribution < -0.4 is 10.6 Å². The zero-order chi connectivity index (χ0) is 12.0. The maximum Gasteiger partial charge on any atom is 0.129 e. The Morgan fingerprint density at radius 3 is 2.88 bits per heavy atom. The first-order valence-electron chi connectivity index (χ1n) is 5.05. The molecule has 1 rings (SSSR count). The largest absolute Gasteiger partial charge is 0.395 e. The lowest BCUT2D eigenvalue weighted by Gasteiger charge is -2.21. The van der Waals surface area contributed by atoms with E-state index < -0.39 is 0 Å². The number of pyridine rings is 1. The van der Waals surface area contributed by atoms with Gasteiger partial charge in [-0.1, -0.05) is 17.7 Å². The quantitative estimate of drug-likeness (QED) is 0.735. The van der Waals surface area contributed by atoms with Gasteiger partial charge in [-0.3, -0.25) is 0 Å². The first-order chi connectivity index (χ1) is 7.72. The van der Waals surface area contributed by atoms with Gasteiger partial charge in [-0.2, -0.15) is 0 Å². The Bertz CT molecular complexity index is 357. The molecule has 0 aliphatic carbocycles. The highest BCUT2D eigenvalue weighted by Crippen LogP contribution is 2.18. The number of nitrogens with zero attached hydrogens (tertiary/aromatic N) is 2. The minimum atomic E-state index is 0.0656. The van der Waals surface area contributed by atoms with Gasteiger partial charge in [-0.05, 0) is 12.1 Å². The molecule has 0 saturated heterocycles. The van der Waals surface area contributed by atoms with Crippen LogP contribution in [-0.4, -0.2) is 29.8 Å². The lowest BCUT2D eigenvalue weighted by molar-refractivity contribution is 0.302. The number of rotatable bonds is 6. The minimum Gasteiger partial charge on any atom is -0.395 e. The minimum absolute atomic E-state index is 0.0656. The molecule has 16 heavy (non-hydrogen) atoms. The van der Waals surface area contributed by atoms with Crippen molar-refractivity contribution in [2.75, 3.05) is 24.6 Å². The molecule has 0 saturated carbocycles. The van der Waals surface area contributed by atoms with Crippen molar-refractivity contribution < 1.29 is 5.11 Å². The number of aliphatic hydroxyl groups is 1. The number of aliphatic hydroxyl groups excluding tert-OH is 1. The lowest BCUT2D eigenvalue weighted by Crippen LogP contribution is -2.27. The van der Waals surface area contributed by atoms with Crippen LogP contribution in [0.3, 0.4) is 0 Å². The van der Waals surface area contributed by atoms with Crippen molar-refractivity contribution >= 4 is 17.4 Å². The molecule has 0 aromatic carbocycles. The predicted molar refractivity (Wildman–Crippen MR) is 66.6 cm³/mol. The van der Waals surface area contributed by atoms with Crippen LogP contribution >= 0.6 is 11.6 Å². The first-order valence-corrected chi connectivity index (χ1v) is 5.43. The van der Waals surface area contributed by atoms with Crippen molar-refractivity contribution in [3.8, 4) is 0 Å². The smallest absolute Gasteiger partial charge is 0.129 e. The third kappa shape index (κ3) is 3.20. The fourth-order valence-corrected chi connectivity index (χ4v) is 1.55. The second kappa shape index (κ2) is 6.48. The van der Waals surface area contributed by atoms with E-state index in [1.54, 1.807) is 18.2 Å². The molecule has 0 aliphatic rings. The van der Waals surface area contributed by atoms with Crippen molar-refractivity contribution in [2.24, 2.45) is 5.73 Å². The zero-order valence-electron chi connectivity index (χ0n) is 9.06. The molecule has 0 aliphatic heterocycles. The Hall–Kier alpha value is -1.10. The van der Waals surface area contributed by atoms with Crippen LogP contribution in [0.15, 0.2) is 24.8 Å². The van der Waals surface area contributed by atoms with Gasteiger partial charge in [0.05, 0.1) is 17.3 Å². The molecule has 3 N–H and O–H groups in total. The van der Waals surface area contributed by atoms with Gasteiger partial charge in [-0.25, -0.2) is 4.98 Å². The van der Waals surface area contributed by atoms with Crippen LogP contribution in [-0.2, 0) is 6.54 Å². The van der Waals surface area contributed by atoms with Gasteiger partial charge in [0.15, 0.2) is 0 Å². The van der Waals surface area contributed by atoms with E-state index in [2.05, 4.69) is 11.6 Å². The maximum absolute atomic E-state index is 8.95. The summed E-state index contributed by atoms with van der Waals surface area (Å²) in [6.45, 7) is 5.16. The number of hydrogen-bond donors (Lipinski definition) is 2. The molecule has 0 fully saturated rings. The number of anilines is 1. The fourth-order valence-electron chi connectivity index (χ4n) is 1.37. The average Bonchev–Trinajstić information content (AvgIpc) is 2.29. The van der Waals surface area contributed by atoms with Crippen LogP contribution in [0.1, 0.15) is 5.69 Å². The van der Waals surface area contributed by atoms with Crippen molar-refractivity contribution in [3.63, 3.8) is 0 Å². The summed E-state index contributed by atoms with van der Waals surface area (Å²) in [4.78, 5) is 6.24. The topological polar surface area (TPSA) is 62.4 Å². The van der Waals surface area contributed by atoms with E-state index in [4.69, 9.17) is 22.4 Å². The molecular weight excluding hydrogens is 226 g/mol. The SMILES string of the molecule is C=CCN(CCO)c1ccc(Cl)c(CN)n1. The molecule has 88 valence electrons. The molecule has 5 heteroatoms. The van der Waals surface area contributed by atoms with Crippen LogP contribution in [0.25, 0.3) is 0 Å². The Morgan fingerprint density at radius 2 is 2.31 bits per heavy atom. The van der Waals surface area contributed by atoms with E-state index in [0.29, 0.717) is 30.4 Å². The lowest BCUT2D eigenvalue weighted by atomic mass is 10.3. The third-order valence-corrected chi connectivity index (χ3v) is 2.48. The highest BCUT2D eigenvalue weighted by atomic mass is 35.5. The second-order valence-electron chi connectivity index (χ2n) is 3.26. The van der Waals surface area contributed by atoms with Crippen LogP contribution in [0.4, 0.5) is 5.82 Å². The summed E-state index contributed by atoms with van der Waals surface area (Å²) in [6, 6.07) is 3.57. The van der Waals surface area contributed by atoms with Crippen molar-refractivity contribution in [3.05, 3.63) is 35.5 Å². The van der Waals surface area contributed by atoms with Gasteiger partial charge in [0.2, 0.25) is 0 Å². The molecule has 0 radical (unpaired) electrons. The fraction of sp³-hybridized carbons (Fsp3) is 0.364. The van der Waals surface area contributed by atoms with Crippen LogP contribution in [0, 0.1) is 0 Å². The van der Waals surface area contributed by atoms with E-state index >= 15 is 0 Å². The van der Waals surface area contributed by atoms with Gasteiger partial charge >= 0.3 is 0 Å². The van der Waals surface area contributed by atoms with Gasteiger partial charge in [0, 0.05) is 19.6 Å². The number of halogens is 1. The molecular formula is C11H16ClN3O. The van der Waals surface area contributed by atoms with Crippen LogP contribution in [0.5, 0.6) is 0 Å². The summed E-state index contributed by atoms with van der Waals surface area (Å²) in [6.07, 6.45) is 1.76. The summed E-state index contributed by atoms with van der Waals surface area (Å²) in [7, 11) is 0. The Labute approximate surface area is 100 Å². The Balaban J connectivity index is 2.94. The summed E-state index contributed by atoms with van der Waals surface area (Å²) in [5, 5.41) is 9.51. The van der Waals surface area contributed by atoms with Crippen molar-refractivity contribution in [2.45, 2.75) is 6.54 Å². The standard InChI is InChI=1S/C11H16ClN3O/c1-2-5-15(6-7-16)11-4-3-9(12)10(8-13)14-11/h2-4,16H,1,5-8,13H2. The van der Waals surface area contributed by atoms with Gasteiger partial charge in [0.1, 0.15) is 5.82 Å². The molecule has 1 heterocycles. The molecule has 1 aromatic heterocycles. The summed E-state index contributed by atoms with van der Waals surface area (Å²) in [5.74, 6) is 0.749. The van der Waals surface area contributed by atoms with Crippen LogP contribution in [0.2, 0.25) is 5.02 Å². The summed E-state index contributed by atoms with van der Waals surface area (Å²) >= 11 is 5.92.